The number of hydrogen-bond donors (Lipinski definition) is 0. The van der Waals surface area contributed by atoms with Crippen LogP contribution in [0.15, 0.2) is 10.8 Å². The second-order valence-electron chi connectivity index (χ2n) is 3.97. The van der Waals surface area contributed by atoms with Gasteiger partial charge in [-0.05, 0) is 19.8 Å². The Morgan fingerprint density at radius 2 is 1.80 bits per heavy atom. The highest BCUT2D eigenvalue weighted by atomic mass is 35.6. The Morgan fingerprint density at radius 3 is 2.15 bits per heavy atom. The fourth-order valence-corrected chi connectivity index (χ4v) is 3.40. The number of phosphoric ester groups is 1. The molecule has 0 aliphatic heterocycles. The van der Waals surface area contributed by atoms with Gasteiger partial charge in [-0.15, -0.1) is 0 Å². The molecule has 0 unspecified atom stereocenters. The Morgan fingerprint density at radius 1 is 1.25 bits per heavy atom. The number of halogens is 5. The summed E-state index contributed by atoms with van der Waals surface area (Å²) in [4.78, 5) is 0. The fourth-order valence-electron chi connectivity index (χ4n) is 0.949. The molecule has 0 radical (unpaired) electrons. The van der Waals surface area contributed by atoms with E-state index < -0.39 is 17.2 Å². The normalized spacial score (nSPS) is 18.0. The maximum absolute atomic E-state index is 12.5. The molecule has 0 bridgehead atoms. The van der Waals surface area contributed by atoms with Crippen LogP contribution in [0.25, 0.3) is 0 Å². The van der Waals surface area contributed by atoms with E-state index in [1.807, 2.05) is 6.92 Å². The molecule has 0 N–H and O–H groups in total. The van der Waals surface area contributed by atoms with Crippen LogP contribution < -0.4 is 0 Å². The molecule has 0 aromatic rings. The van der Waals surface area contributed by atoms with E-state index in [9.17, 15) is 4.57 Å². The minimum absolute atomic E-state index is 0.130. The fraction of sp³-hybridized carbons (Fsp3) is 0.800. The molecule has 10 heteroatoms. The molecule has 0 rings (SSSR count). The quantitative estimate of drug-likeness (QED) is 0.266. The molecule has 0 saturated heterocycles. The minimum atomic E-state index is -4.02. The highest BCUT2D eigenvalue weighted by Crippen LogP contribution is 2.58. The summed E-state index contributed by atoms with van der Waals surface area (Å²) < 4.78 is 25.8. The first-order chi connectivity index (χ1) is 8.99. The zero-order valence-corrected chi connectivity index (χ0v) is 15.8. The first-order valence-corrected chi connectivity index (χ1v) is 9.06. The third-order valence-corrected chi connectivity index (χ3v) is 5.18. The first-order valence-electron chi connectivity index (χ1n) is 5.71. The van der Waals surface area contributed by atoms with Gasteiger partial charge in [-0.1, -0.05) is 71.9 Å². The van der Waals surface area contributed by atoms with Gasteiger partial charge in [0.25, 0.3) is 0 Å². The first kappa shape index (κ1) is 21.1. The molecule has 0 fully saturated rings. The second-order valence-corrected chi connectivity index (χ2v) is 8.80. The molecular formula is C10H16Cl5O4P. The minimum Gasteiger partial charge on any atom is -0.409 e. The SMILES string of the molecule is CCCO[P@](=O)(OC=C(Cl)Cl)O[C@@](C)(CC)C(Cl)(Cl)Cl. The molecule has 0 amide bonds. The third-order valence-electron chi connectivity index (χ3n) is 2.31. The number of rotatable bonds is 8. The molecule has 120 valence electrons. The van der Waals surface area contributed by atoms with E-state index in [0.717, 1.165) is 6.26 Å². The molecule has 4 nitrogen and oxygen atoms in total. The van der Waals surface area contributed by atoms with Crippen molar-refractivity contribution in [1.29, 1.82) is 0 Å². The topological polar surface area (TPSA) is 44.8 Å². The molecule has 0 aromatic heterocycles. The zero-order chi connectivity index (χ0) is 16.0. The standard InChI is InChI=1S/C10H16Cl5O4P/c1-4-6-17-20(16,18-7-8(11)12)19-9(3,5-2)10(13,14)15/h7H,4-6H2,1-3H3/t9-,20+/m0/s1. The Labute approximate surface area is 144 Å². The number of alkyl halides is 3. The summed E-state index contributed by atoms with van der Waals surface area (Å²) in [5.41, 5.74) is -1.38. The number of phosphoric acid groups is 1. The van der Waals surface area contributed by atoms with Gasteiger partial charge >= 0.3 is 7.82 Å². The third kappa shape index (κ3) is 6.93. The van der Waals surface area contributed by atoms with E-state index >= 15 is 0 Å². The zero-order valence-electron chi connectivity index (χ0n) is 11.2. The number of hydrogen-bond acceptors (Lipinski definition) is 4. The van der Waals surface area contributed by atoms with Gasteiger partial charge in [-0.25, -0.2) is 4.57 Å². The lowest BCUT2D eigenvalue weighted by Gasteiger charge is -2.36. The molecule has 0 aliphatic rings. The Kier molecular flexibility index (Phi) is 9.18. The maximum atomic E-state index is 12.5. The van der Waals surface area contributed by atoms with Crippen molar-refractivity contribution in [3.63, 3.8) is 0 Å². The predicted octanol–water partition coefficient (Wildman–Crippen LogP) is 6.37. The van der Waals surface area contributed by atoms with Crippen LogP contribution in [0.4, 0.5) is 0 Å². The van der Waals surface area contributed by atoms with Crippen molar-refractivity contribution in [2.45, 2.75) is 43.0 Å². The molecule has 0 heterocycles. The second kappa shape index (κ2) is 8.69. The highest BCUT2D eigenvalue weighted by molar-refractivity contribution is 7.48. The van der Waals surface area contributed by atoms with Gasteiger partial charge in [0.05, 0.1) is 6.61 Å². The van der Waals surface area contributed by atoms with E-state index in [2.05, 4.69) is 0 Å². The van der Waals surface area contributed by atoms with E-state index in [0.29, 0.717) is 6.42 Å². The summed E-state index contributed by atoms with van der Waals surface area (Å²) in [7, 11) is -4.02. The smallest absolute Gasteiger partial charge is 0.409 e. The average molecular weight is 408 g/mol. The molecule has 0 saturated carbocycles. The van der Waals surface area contributed by atoms with Gasteiger partial charge in [-0.2, -0.15) is 0 Å². The van der Waals surface area contributed by atoms with Gasteiger partial charge in [0.2, 0.25) is 3.79 Å². The van der Waals surface area contributed by atoms with Gasteiger partial charge in [0, 0.05) is 0 Å². The highest BCUT2D eigenvalue weighted by Gasteiger charge is 2.50. The molecule has 20 heavy (non-hydrogen) atoms. The van der Waals surface area contributed by atoms with Crippen molar-refractivity contribution < 1.29 is 18.1 Å². The van der Waals surface area contributed by atoms with Gasteiger partial charge in [0.15, 0.2) is 0 Å². The Hall–Kier alpha value is 1.14. The largest absolute Gasteiger partial charge is 0.530 e. The Balaban J connectivity index is 5.23. The Bertz CT molecular complexity index is 380. The average Bonchev–Trinajstić information content (AvgIpc) is 2.32. The van der Waals surface area contributed by atoms with Crippen LogP contribution in [0.1, 0.15) is 33.6 Å². The predicted molar refractivity (Wildman–Crippen MR) is 84.8 cm³/mol. The van der Waals surface area contributed by atoms with E-state index in [1.165, 1.54) is 6.92 Å². The van der Waals surface area contributed by atoms with Crippen LogP contribution in [0.5, 0.6) is 0 Å². The van der Waals surface area contributed by atoms with Crippen molar-refractivity contribution in [2.75, 3.05) is 6.61 Å². The lowest BCUT2D eigenvalue weighted by Crippen LogP contribution is -2.41. The monoisotopic (exact) mass is 406 g/mol. The van der Waals surface area contributed by atoms with Crippen molar-refractivity contribution in [3.8, 4) is 0 Å². The molecular weight excluding hydrogens is 392 g/mol. The van der Waals surface area contributed by atoms with Gasteiger partial charge in [-0.3, -0.25) is 9.05 Å². The van der Waals surface area contributed by atoms with Crippen molar-refractivity contribution in [1.82, 2.24) is 0 Å². The van der Waals surface area contributed by atoms with Crippen LogP contribution in [-0.4, -0.2) is 16.0 Å². The molecule has 0 spiro atoms. The van der Waals surface area contributed by atoms with Crippen LogP contribution in [0.3, 0.4) is 0 Å². The van der Waals surface area contributed by atoms with Crippen molar-refractivity contribution in [3.05, 3.63) is 10.8 Å². The molecule has 2 atom stereocenters. The van der Waals surface area contributed by atoms with E-state index in [4.69, 9.17) is 71.6 Å². The summed E-state index contributed by atoms with van der Waals surface area (Å²) >= 11 is 28.4. The van der Waals surface area contributed by atoms with Crippen LogP contribution in [-0.2, 0) is 18.1 Å². The van der Waals surface area contributed by atoms with Gasteiger partial charge < -0.3 is 4.52 Å². The lowest BCUT2D eigenvalue weighted by molar-refractivity contribution is 0.0322. The summed E-state index contributed by atoms with van der Waals surface area (Å²) in [6.45, 7) is 5.14. The van der Waals surface area contributed by atoms with Crippen LogP contribution in [0, 0.1) is 0 Å². The van der Waals surface area contributed by atoms with Crippen molar-refractivity contribution in [2.24, 2.45) is 0 Å². The lowest BCUT2D eigenvalue weighted by atomic mass is 10.1. The van der Waals surface area contributed by atoms with Gasteiger partial charge in [0.1, 0.15) is 16.4 Å². The molecule has 0 aromatic carbocycles. The van der Waals surface area contributed by atoms with E-state index in [-0.39, 0.29) is 17.5 Å². The van der Waals surface area contributed by atoms with Crippen LogP contribution in [0.2, 0.25) is 0 Å². The summed E-state index contributed by atoms with van der Waals surface area (Å²) in [5.74, 6) is 0. The van der Waals surface area contributed by atoms with E-state index in [1.54, 1.807) is 6.92 Å². The maximum Gasteiger partial charge on any atom is 0.530 e. The summed E-state index contributed by atoms with van der Waals surface area (Å²) in [5, 5.41) is 0. The summed E-state index contributed by atoms with van der Waals surface area (Å²) in [6, 6.07) is 0. The molecule has 0 aliphatic carbocycles. The van der Waals surface area contributed by atoms with Crippen molar-refractivity contribution >= 4 is 65.8 Å². The van der Waals surface area contributed by atoms with Crippen LogP contribution >= 0.6 is 65.8 Å². The summed E-state index contributed by atoms with van der Waals surface area (Å²) in [6.07, 6.45) is 1.68.